The van der Waals surface area contributed by atoms with Gasteiger partial charge in [-0.05, 0) is 106 Å². The van der Waals surface area contributed by atoms with Gasteiger partial charge >= 0.3 is 0 Å². The zero-order valence-electron chi connectivity index (χ0n) is 35.3. The van der Waals surface area contributed by atoms with Crippen LogP contribution in [0.2, 0.25) is 0 Å². The molecule has 61 heavy (non-hydrogen) atoms. The fraction of sp³-hybridized carbons (Fsp3) is 0.143. The molecule has 2 aliphatic rings. The Hall–Kier alpha value is -6.43. The summed E-state index contributed by atoms with van der Waals surface area (Å²) in [5.74, 6) is 0. The Morgan fingerprint density at radius 3 is 1.49 bits per heavy atom. The first kappa shape index (κ1) is 35.3. The van der Waals surface area contributed by atoms with Crippen molar-refractivity contribution in [2.45, 2.75) is 62.2 Å². The fourth-order valence-corrected chi connectivity index (χ4v) is 12.0. The second kappa shape index (κ2) is 12.1. The topological polar surface area (TPSA) is 14.8 Å². The van der Waals surface area contributed by atoms with Gasteiger partial charge in [0.15, 0.2) is 0 Å². The van der Waals surface area contributed by atoms with Gasteiger partial charge in [-0.15, -0.1) is 0 Å². The molecular weight excluding hydrogens is 758 g/mol. The van der Waals surface area contributed by atoms with Gasteiger partial charge in [0, 0.05) is 64.7 Å². The highest BCUT2D eigenvalue weighted by Crippen LogP contribution is 2.44. The van der Waals surface area contributed by atoms with Crippen LogP contribution in [-0.2, 0) is 10.8 Å². The monoisotopic (exact) mass is 801 g/mol. The largest absolute Gasteiger partial charge is 0.310 e. The molecule has 11 aromatic rings. The number of nitrogens with zero attached hydrogens (tertiary/aromatic N) is 3. The SMILES string of the molecule is CC(C)(C)c1ccc2c(c1)B1c3c(cc(C(C)(C)C)cc3-n3c4ccc(-n5c6ccccc6c6ccccc65)cc4c4cc(-n5c6ccccc6c6ccccc65)cc1c43)S2. The van der Waals surface area contributed by atoms with Gasteiger partial charge in [0.05, 0.1) is 27.6 Å². The molecule has 3 nitrogen and oxygen atoms in total. The second-order valence-corrected chi connectivity index (χ2v) is 20.5. The lowest BCUT2D eigenvalue weighted by Crippen LogP contribution is -2.59. The molecule has 292 valence electrons. The molecule has 0 saturated heterocycles. The average Bonchev–Trinajstić information content (AvgIpc) is 3.90. The van der Waals surface area contributed by atoms with Crippen LogP contribution < -0.4 is 16.4 Å². The summed E-state index contributed by atoms with van der Waals surface area (Å²) in [6, 6.07) is 60.1. The first-order chi connectivity index (χ1) is 29.5. The molecule has 13 rings (SSSR count). The van der Waals surface area contributed by atoms with E-state index in [1.165, 1.54) is 120 Å². The number of hydrogen-bond acceptors (Lipinski definition) is 1. The van der Waals surface area contributed by atoms with Crippen molar-refractivity contribution in [2.24, 2.45) is 0 Å². The molecule has 0 saturated carbocycles. The van der Waals surface area contributed by atoms with E-state index in [0.717, 1.165) is 0 Å². The standard InChI is InChI=1S/C56H44BN3S/c1-55(2,3)33-23-26-51-43(27-33)57-44-32-36(59-47-21-13-9-17-39(47)40-18-10-14-22-48(40)59)31-42-41-30-35(58-45-19-11-7-15-37(45)38-16-8-12-20-46(38)58)24-25-49(41)60(54(42)44)50-28-34(56(4,5)6)29-52(61-51)53(50)57/h7-32H,1-6H3. The molecule has 0 fully saturated rings. The zero-order chi connectivity index (χ0) is 41.1. The van der Waals surface area contributed by atoms with Crippen molar-refractivity contribution < 1.29 is 0 Å². The highest BCUT2D eigenvalue weighted by atomic mass is 32.2. The van der Waals surface area contributed by atoms with Crippen molar-refractivity contribution in [1.82, 2.24) is 13.7 Å². The Kier molecular flexibility index (Phi) is 7.02. The van der Waals surface area contributed by atoms with Crippen LogP contribution in [-0.4, -0.2) is 20.4 Å². The maximum absolute atomic E-state index is 2.63. The van der Waals surface area contributed by atoms with Gasteiger partial charge in [-0.25, -0.2) is 0 Å². The molecule has 0 unspecified atom stereocenters. The summed E-state index contributed by atoms with van der Waals surface area (Å²) in [5.41, 5.74) is 18.1. The third kappa shape index (κ3) is 4.84. The summed E-state index contributed by atoms with van der Waals surface area (Å²) in [6.45, 7) is 14.2. The maximum Gasteiger partial charge on any atom is 0.249 e. The van der Waals surface area contributed by atoms with Crippen LogP contribution in [0.5, 0.6) is 0 Å². The molecule has 0 amide bonds. The Labute approximate surface area is 360 Å². The van der Waals surface area contributed by atoms with E-state index in [1.807, 2.05) is 11.8 Å². The molecule has 3 aromatic heterocycles. The number of rotatable bonds is 2. The van der Waals surface area contributed by atoms with E-state index in [2.05, 4.69) is 213 Å². The van der Waals surface area contributed by atoms with Crippen LogP contribution in [0.3, 0.4) is 0 Å². The Morgan fingerprint density at radius 1 is 0.393 bits per heavy atom. The first-order valence-electron chi connectivity index (χ1n) is 21.6. The molecule has 0 N–H and O–H groups in total. The number of hydrogen-bond donors (Lipinski definition) is 0. The molecule has 0 radical (unpaired) electrons. The van der Waals surface area contributed by atoms with Gasteiger partial charge in [0.1, 0.15) is 0 Å². The molecule has 0 aliphatic carbocycles. The molecular formula is C56H44BN3S. The maximum atomic E-state index is 2.63. The van der Waals surface area contributed by atoms with E-state index < -0.39 is 0 Å². The summed E-state index contributed by atoms with van der Waals surface area (Å²) in [4.78, 5) is 2.73. The van der Waals surface area contributed by atoms with Crippen LogP contribution >= 0.6 is 11.8 Å². The minimum absolute atomic E-state index is 0.0197. The fourth-order valence-electron chi connectivity index (χ4n) is 10.8. The lowest BCUT2D eigenvalue weighted by Gasteiger charge is -2.36. The smallest absolute Gasteiger partial charge is 0.249 e. The Bertz CT molecular complexity index is 3610. The highest BCUT2D eigenvalue weighted by Gasteiger charge is 2.41. The van der Waals surface area contributed by atoms with E-state index in [4.69, 9.17) is 0 Å². The summed E-state index contributed by atoms with van der Waals surface area (Å²) in [7, 11) is 0. The molecule has 5 heterocycles. The third-order valence-electron chi connectivity index (χ3n) is 13.8. The second-order valence-electron chi connectivity index (χ2n) is 19.4. The van der Waals surface area contributed by atoms with E-state index in [0.29, 0.717) is 0 Å². The molecule has 0 bridgehead atoms. The Balaban J connectivity index is 1.21. The van der Waals surface area contributed by atoms with Crippen LogP contribution in [0.25, 0.3) is 82.5 Å². The molecule has 8 aromatic carbocycles. The van der Waals surface area contributed by atoms with Crippen LogP contribution in [0.1, 0.15) is 52.7 Å². The number of fused-ring (bicyclic) bond motifs is 13. The van der Waals surface area contributed by atoms with Crippen LogP contribution in [0.15, 0.2) is 168 Å². The Morgan fingerprint density at radius 2 is 0.918 bits per heavy atom. The van der Waals surface area contributed by atoms with Gasteiger partial charge < -0.3 is 13.7 Å². The average molecular weight is 802 g/mol. The predicted octanol–water partition coefficient (Wildman–Crippen LogP) is 12.9. The molecule has 0 atom stereocenters. The summed E-state index contributed by atoms with van der Waals surface area (Å²) < 4.78 is 7.62. The lowest BCUT2D eigenvalue weighted by molar-refractivity contribution is 0.588. The number of benzene rings is 8. The molecule has 2 aliphatic heterocycles. The predicted molar refractivity (Wildman–Crippen MR) is 262 cm³/mol. The summed E-state index contributed by atoms with van der Waals surface area (Å²) >= 11 is 1.96. The van der Waals surface area contributed by atoms with Crippen molar-refractivity contribution in [1.29, 1.82) is 0 Å². The first-order valence-corrected chi connectivity index (χ1v) is 22.4. The van der Waals surface area contributed by atoms with E-state index in [-0.39, 0.29) is 17.5 Å². The van der Waals surface area contributed by atoms with Crippen molar-refractivity contribution in [3.05, 3.63) is 169 Å². The minimum Gasteiger partial charge on any atom is -0.310 e. The van der Waals surface area contributed by atoms with E-state index >= 15 is 0 Å². The normalized spacial score (nSPS) is 13.6. The number of aromatic nitrogens is 3. The van der Waals surface area contributed by atoms with Gasteiger partial charge in [0.2, 0.25) is 6.71 Å². The van der Waals surface area contributed by atoms with E-state index in [1.54, 1.807) is 0 Å². The lowest BCUT2D eigenvalue weighted by atomic mass is 9.35. The quantitative estimate of drug-likeness (QED) is 0.159. The highest BCUT2D eigenvalue weighted by molar-refractivity contribution is 8.00. The zero-order valence-corrected chi connectivity index (χ0v) is 36.2. The third-order valence-corrected chi connectivity index (χ3v) is 14.9. The summed E-state index contributed by atoms with van der Waals surface area (Å²) in [5, 5.41) is 7.66. The van der Waals surface area contributed by atoms with Gasteiger partial charge in [0.25, 0.3) is 0 Å². The van der Waals surface area contributed by atoms with Crippen molar-refractivity contribution >= 4 is 100 Å². The molecule has 0 spiro atoms. The van der Waals surface area contributed by atoms with Crippen molar-refractivity contribution in [2.75, 3.05) is 0 Å². The number of para-hydroxylation sites is 4. The van der Waals surface area contributed by atoms with E-state index in [9.17, 15) is 0 Å². The van der Waals surface area contributed by atoms with Gasteiger partial charge in [-0.1, -0.05) is 144 Å². The summed E-state index contributed by atoms with van der Waals surface area (Å²) in [6.07, 6.45) is 0. The van der Waals surface area contributed by atoms with Crippen molar-refractivity contribution in [3.8, 4) is 17.1 Å². The van der Waals surface area contributed by atoms with Gasteiger partial charge in [-0.3, -0.25) is 0 Å². The van der Waals surface area contributed by atoms with Crippen LogP contribution in [0.4, 0.5) is 0 Å². The minimum atomic E-state index is -0.0234. The van der Waals surface area contributed by atoms with Gasteiger partial charge in [-0.2, -0.15) is 0 Å². The van der Waals surface area contributed by atoms with Crippen molar-refractivity contribution in [3.63, 3.8) is 0 Å². The molecule has 5 heteroatoms. The van der Waals surface area contributed by atoms with Crippen LogP contribution in [0, 0.1) is 0 Å².